The molecule has 1 unspecified atom stereocenters. The molecule has 0 saturated heterocycles. The number of aromatic nitrogens is 3. The van der Waals surface area contributed by atoms with Crippen LogP contribution < -0.4 is 10.1 Å². The minimum absolute atomic E-state index is 0.288. The number of alkyl carbamates (subject to hydrolysis) is 1. The Hall–Kier alpha value is -5.02. The number of nitriles is 1. The van der Waals surface area contributed by atoms with Crippen LogP contribution in [0.15, 0.2) is 47.5 Å². The van der Waals surface area contributed by atoms with Crippen LogP contribution in [0, 0.1) is 32.1 Å². The average molecular weight is 613 g/mol. The number of nitrogens with one attached hydrogen (secondary N) is 1. The Balaban J connectivity index is 1.55. The molecule has 0 radical (unpaired) electrons. The van der Waals surface area contributed by atoms with Gasteiger partial charge in [-0.15, -0.1) is 21.5 Å². The van der Waals surface area contributed by atoms with Gasteiger partial charge in [-0.25, -0.2) is 9.59 Å². The van der Waals surface area contributed by atoms with Crippen molar-refractivity contribution in [2.45, 2.75) is 53.3 Å². The third-order valence-electron chi connectivity index (χ3n) is 6.98. The van der Waals surface area contributed by atoms with Gasteiger partial charge in [-0.1, -0.05) is 30.3 Å². The second-order valence-corrected chi connectivity index (χ2v) is 12.4. The molecule has 3 heterocycles. The molecule has 5 rings (SSSR count). The van der Waals surface area contributed by atoms with E-state index < -0.39 is 23.8 Å². The first-order valence-electron chi connectivity index (χ1n) is 13.8. The van der Waals surface area contributed by atoms with E-state index in [0.29, 0.717) is 28.7 Å². The molecular formula is C32H32N6O5S. The quantitative estimate of drug-likeness (QED) is 0.273. The van der Waals surface area contributed by atoms with E-state index in [2.05, 4.69) is 40.2 Å². The van der Waals surface area contributed by atoms with Gasteiger partial charge in [0.05, 0.1) is 18.4 Å². The third-order valence-corrected chi connectivity index (χ3v) is 8.17. The van der Waals surface area contributed by atoms with Crippen LogP contribution in [0.3, 0.4) is 0 Å². The Bertz CT molecular complexity index is 1820. The van der Waals surface area contributed by atoms with Crippen molar-refractivity contribution >= 4 is 29.1 Å². The van der Waals surface area contributed by atoms with E-state index in [-0.39, 0.29) is 6.61 Å². The van der Waals surface area contributed by atoms with E-state index in [4.69, 9.17) is 14.5 Å². The predicted octanol–water partition coefficient (Wildman–Crippen LogP) is 5.72. The Morgan fingerprint density at radius 2 is 1.73 bits per heavy atom. The molecular weight excluding hydrogens is 580 g/mol. The summed E-state index contributed by atoms with van der Waals surface area (Å²) in [6.45, 7) is 11.1. The Morgan fingerprint density at radius 1 is 1.05 bits per heavy atom. The molecule has 0 saturated carbocycles. The molecule has 11 nitrogen and oxygen atoms in total. The standard InChI is InChI=1S/C32H32N6O5S/c1-17-18(2)44-30-26(17)27(34-28(29-37-36-19(3)38(29)30)35-31(40)43-32(4,5)6)21-10-8-20(9-11-21)22-12-13-24(23(14-22)15-33)42-16-25(39)41-7/h8-14,28H,16H2,1-7H3,(H,35,40). The number of thiophene rings is 1. The molecule has 0 bridgehead atoms. The maximum Gasteiger partial charge on any atom is 0.409 e. The molecule has 1 N–H and O–H groups in total. The summed E-state index contributed by atoms with van der Waals surface area (Å²) in [7, 11) is 1.27. The van der Waals surface area contributed by atoms with Crippen molar-refractivity contribution in [3.8, 4) is 27.9 Å². The van der Waals surface area contributed by atoms with E-state index in [0.717, 1.165) is 37.7 Å². The number of hydrogen-bond acceptors (Lipinski definition) is 10. The third kappa shape index (κ3) is 6.05. The van der Waals surface area contributed by atoms with Crippen molar-refractivity contribution in [2.24, 2.45) is 4.99 Å². The number of esters is 1. The summed E-state index contributed by atoms with van der Waals surface area (Å²) in [5.41, 5.74) is 4.83. The zero-order valence-electron chi connectivity index (χ0n) is 25.5. The molecule has 0 aliphatic carbocycles. The summed E-state index contributed by atoms with van der Waals surface area (Å²) < 4.78 is 17.6. The van der Waals surface area contributed by atoms with Crippen LogP contribution in [0.1, 0.15) is 65.7 Å². The Labute approximate surface area is 259 Å². The molecule has 1 amide bonds. The maximum absolute atomic E-state index is 12.9. The molecule has 1 aliphatic rings. The van der Waals surface area contributed by atoms with E-state index in [1.807, 2.05) is 41.8 Å². The summed E-state index contributed by atoms with van der Waals surface area (Å²) in [4.78, 5) is 30.6. The molecule has 12 heteroatoms. The molecule has 1 atom stereocenters. The van der Waals surface area contributed by atoms with Gasteiger partial charge in [0.1, 0.15) is 28.2 Å². The number of carbonyl (C=O) groups is 2. The Kier molecular flexibility index (Phi) is 8.25. The highest BCUT2D eigenvalue weighted by Crippen LogP contribution is 2.38. The number of aliphatic imine (C=N–C) groups is 1. The van der Waals surface area contributed by atoms with Crippen LogP contribution in [0.5, 0.6) is 5.75 Å². The number of carbonyl (C=O) groups excluding carboxylic acids is 2. The molecule has 0 fully saturated rings. The van der Waals surface area contributed by atoms with Gasteiger partial charge >= 0.3 is 12.1 Å². The minimum atomic E-state index is -0.851. The van der Waals surface area contributed by atoms with E-state index in [1.54, 1.807) is 44.2 Å². The van der Waals surface area contributed by atoms with E-state index >= 15 is 0 Å². The van der Waals surface area contributed by atoms with Crippen molar-refractivity contribution in [1.29, 1.82) is 5.26 Å². The van der Waals surface area contributed by atoms with Crippen LogP contribution in [-0.2, 0) is 14.3 Å². The fourth-order valence-corrected chi connectivity index (χ4v) is 5.99. The van der Waals surface area contributed by atoms with Crippen LogP contribution in [0.25, 0.3) is 16.1 Å². The lowest BCUT2D eigenvalue weighted by molar-refractivity contribution is -0.142. The van der Waals surface area contributed by atoms with Crippen molar-refractivity contribution in [3.05, 3.63) is 81.2 Å². The summed E-state index contributed by atoms with van der Waals surface area (Å²) >= 11 is 1.62. The first-order valence-corrected chi connectivity index (χ1v) is 14.7. The SMILES string of the molecule is COC(=O)COc1ccc(-c2ccc(C3=NC(NC(=O)OC(C)(C)C)c4nnc(C)n4-c4sc(C)c(C)c43)cc2)cc1C#N. The smallest absolute Gasteiger partial charge is 0.409 e. The fraction of sp³-hybridized carbons (Fsp3) is 0.312. The van der Waals surface area contributed by atoms with Crippen LogP contribution in [0.2, 0.25) is 0 Å². The lowest BCUT2D eigenvalue weighted by Crippen LogP contribution is -2.35. The van der Waals surface area contributed by atoms with Gasteiger partial charge in [0, 0.05) is 16.0 Å². The number of ether oxygens (including phenoxy) is 3. The summed E-state index contributed by atoms with van der Waals surface area (Å²) in [5, 5.41) is 22.2. The lowest BCUT2D eigenvalue weighted by Gasteiger charge is -2.21. The second-order valence-electron chi connectivity index (χ2n) is 11.2. The maximum atomic E-state index is 12.9. The van der Waals surface area contributed by atoms with Crippen LogP contribution >= 0.6 is 11.3 Å². The van der Waals surface area contributed by atoms with Crippen LogP contribution in [-0.4, -0.2) is 51.9 Å². The Morgan fingerprint density at radius 3 is 2.39 bits per heavy atom. The number of aryl methyl sites for hydroxylation is 2. The number of fused-ring (bicyclic) bond motifs is 3. The number of benzene rings is 2. The summed E-state index contributed by atoms with van der Waals surface area (Å²) in [6.07, 6.45) is -1.46. The fourth-order valence-electron chi connectivity index (χ4n) is 4.78. The van der Waals surface area contributed by atoms with Gasteiger partial charge in [-0.3, -0.25) is 14.9 Å². The van der Waals surface area contributed by atoms with Crippen molar-refractivity contribution in [1.82, 2.24) is 20.1 Å². The van der Waals surface area contributed by atoms with Gasteiger partial charge in [0.25, 0.3) is 0 Å². The molecule has 4 aromatic rings. The van der Waals surface area contributed by atoms with Gasteiger partial charge in [0.15, 0.2) is 18.6 Å². The van der Waals surface area contributed by atoms with E-state index in [9.17, 15) is 14.9 Å². The molecule has 2 aromatic heterocycles. The first kappa shape index (κ1) is 30.4. The number of rotatable bonds is 6. The van der Waals surface area contributed by atoms with Gasteiger partial charge in [-0.05, 0) is 70.4 Å². The van der Waals surface area contributed by atoms with Crippen molar-refractivity contribution in [3.63, 3.8) is 0 Å². The molecule has 2 aromatic carbocycles. The topological polar surface area (TPSA) is 141 Å². The normalized spacial score (nSPS) is 14.0. The van der Waals surface area contributed by atoms with Crippen LogP contribution in [0.4, 0.5) is 4.79 Å². The highest BCUT2D eigenvalue weighted by Gasteiger charge is 2.33. The molecule has 0 spiro atoms. The molecule has 1 aliphatic heterocycles. The monoisotopic (exact) mass is 612 g/mol. The largest absolute Gasteiger partial charge is 0.481 e. The van der Waals surface area contributed by atoms with E-state index in [1.165, 1.54) is 7.11 Å². The molecule has 226 valence electrons. The number of hydrogen-bond donors (Lipinski definition) is 1. The minimum Gasteiger partial charge on any atom is -0.481 e. The van der Waals surface area contributed by atoms with Gasteiger partial charge < -0.3 is 14.2 Å². The highest BCUT2D eigenvalue weighted by atomic mass is 32.1. The predicted molar refractivity (Wildman–Crippen MR) is 165 cm³/mol. The first-order chi connectivity index (χ1) is 20.9. The average Bonchev–Trinajstić information content (AvgIpc) is 3.46. The second kappa shape index (κ2) is 11.9. The zero-order chi connectivity index (χ0) is 31.8. The van der Waals surface area contributed by atoms with Gasteiger partial charge in [0.2, 0.25) is 0 Å². The highest BCUT2D eigenvalue weighted by molar-refractivity contribution is 7.15. The lowest BCUT2D eigenvalue weighted by atomic mass is 9.96. The summed E-state index contributed by atoms with van der Waals surface area (Å²) in [5.74, 6) is 0.930. The number of amides is 1. The number of nitrogens with zero attached hydrogens (tertiary/aromatic N) is 5. The van der Waals surface area contributed by atoms with Crippen molar-refractivity contribution in [2.75, 3.05) is 13.7 Å². The van der Waals surface area contributed by atoms with Gasteiger partial charge in [-0.2, -0.15) is 5.26 Å². The summed E-state index contributed by atoms with van der Waals surface area (Å²) in [6, 6.07) is 15.1. The van der Waals surface area contributed by atoms with Crippen molar-refractivity contribution < 1.29 is 23.8 Å². The number of methoxy groups -OCH3 is 1. The zero-order valence-corrected chi connectivity index (χ0v) is 26.3. The molecule has 44 heavy (non-hydrogen) atoms.